The van der Waals surface area contributed by atoms with Gasteiger partial charge in [-0.1, -0.05) is 25.5 Å². The summed E-state index contributed by atoms with van der Waals surface area (Å²) in [7, 11) is 2.22. The maximum absolute atomic E-state index is 6.06. The van der Waals surface area contributed by atoms with Gasteiger partial charge >= 0.3 is 0 Å². The number of benzene rings is 1. The number of pyridine rings is 1. The van der Waals surface area contributed by atoms with Gasteiger partial charge in [-0.15, -0.1) is 0 Å². The highest BCUT2D eigenvalue weighted by Gasteiger charge is 2.24. The van der Waals surface area contributed by atoms with E-state index in [-0.39, 0.29) is 0 Å². The van der Waals surface area contributed by atoms with Crippen LogP contribution < -0.4 is 10.6 Å². The van der Waals surface area contributed by atoms with E-state index in [0.29, 0.717) is 6.04 Å². The van der Waals surface area contributed by atoms with Crippen molar-refractivity contribution in [2.45, 2.75) is 45.1 Å². The number of anilines is 2. The summed E-state index contributed by atoms with van der Waals surface area (Å²) in [5.41, 5.74) is 9.00. The van der Waals surface area contributed by atoms with Crippen LogP contribution >= 0.6 is 0 Å². The van der Waals surface area contributed by atoms with Gasteiger partial charge in [0.25, 0.3) is 0 Å². The molecule has 1 aromatic carbocycles. The molecule has 0 radical (unpaired) electrons. The summed E-state index contributed by atoms with van der Waals surface area (Å²) in [5.74, 6) is 0.930. The largest absolute Gasteiger partial charge is 0.397 e. The average molecular weight is 283 g/mol. The van der Waals surface area contributed by atoms with Crippen molar-refractivity contribution >= 4 is 22.3 Å². The molecule has 1 aromatic heterocycles. The molecule has 112 valence electrons. The second kappa shape index (κ2) is 5.92. The Bertz CT molecular complexity index is 615. The molecule has 1 heterocycles. The van der Waals surface area contributed by atoms with Crippen molar-refractivity contribution in [2.75, 3.05) is 17.7 Å². The number of nitrogens with zero attached hydrogens (tertiary/aromatic N) is 2. The third-order valence-corrected chi connectivity index (χ3v) is 5.10. The summed E-state index contributed by atoms with van der Waals surface area (Å²) in [4.78, 5) is 6.88. The van der Waals surface area contributed by atoms with E-state index in [2.05, 4.69) is 36.0 Å². The van der Waals surface area contributed by atoms with E-state index in [0.717, 1.165) is 22.5 Å². The minimum absolute atomic E-state index is 0.639. The van der Waals surface area contributed by atoms with Crippen molar-refractivity contribution < 1.29 is 0 Å². The first-order chi connectivity index (χ1) is 10.2. The first-order valence-electron chi connectivity index (χ1n) is 8.06. The van der Waals surface area contributed by atoms with Gasteiger partial charge in [0, 0.05) is 30.4 Å². The van der Waals surface area contributed by atoms with E-state index in [4.69, 9.17) is 5.73 Å². The lowest BCUT2D eigenvalue weighted by Gasteiger charge is -2.36. The predicted molar refractivity (Wildman–Crippen MR) is 90.6 cm³/mol. The SMILES string of the molecule is CCC1CCC(N(C)c2ccnc3c(N)cccc23)CC1. The zero-order chi connectivity index (χ0) is 14.8. The number of para-hydroxylation sites is 1. The molecule has 1 saturated carbocycles. The Hall–Kier alpha value is -1.77. The highest BCUT2D eigenvalue weighted by molar-refractivity contribution is 5.98. The van der Waals surface area contributed by atoms with Crippen molar-refractivity contribution in [3.63, 3.8) is 0 Å². The van der Waals surface area contributed by atoms with E-state index in [9.17, 15) is 0 Å². The van der Waals surface area contributed by atoms with Crippen LogP contribution in [0.4, 0.5) is 11.4 Å². The third-order valence-electron chi connectivity index (χ3n) is 5.10. The third kappa shape index (κ3) is 2.69. The van der Waals surface area contributed by atoms with Crippen molar-refractivity contribution in [3.8, 4) is 0 Å². The van der Waals surface area contributed by atoms with Crippen LogP contribution in [0.2, 0.25) is 0 Å². The minimum Gasteiger partial charge on any atom is -0.397 e. The fourth-order valence-corrected chi connectivity index (χ4v) is 3.63. The fraction of sp³-hybridized carbons (Fsp3) is 0.500. The van der Waals surface area contributed by atoms with E-state index >= 15 is 0 Å². The molecule has 0 aliphatic heterocycles. The molecule has 3 rings (SSSR count). The van der Waals surface area contributed by atoms with Gasteiger partial charge in [-0.25, -0.2) is 0 Å². The number of fused-ring (bicyclic) bond motifs is 1. The van der Waals surface area contributed by atoms with E-state index in [1.54, 1.807) is 0 Å². The topological polar surface area (TPSA) is 42.2 Å². The van der Waals surface area contributed by atoms with Gasteiger partial charge in [0.05, 0.1) is 11.2 Å². The fourth-order valence-electron chi connectivity index (χ4n) is 3.63. The Kier molecular flexibility index (Phi) is 4.00. The van der Waals surface area contributed by atoms with Gasteiger partial charge in [0.2, 0.25) is 0 Å². The van der Waals surface area contributed by atoms with Gasteiger partial charge in [-0.05, 0) is 43.7 Å². The van der Waals surface area contributed by atoms with Gasteiger partial charge in [-0.2, -0.15) is 0 Å². The van der Waals surface area contributed by atoms with Gasteiger partial charge < -0.3 is 10.6 Å². The Morgan fingerprint density at radius 3 is 2.67 bits per heavy atom. The number of hydrogen-bond acceptors (Lipinski definition) is 3. The zero-order valence-electron chi connectivity index (χ0n) is 13.0. The molecular weight excluding hydrogens is 258 g/mol. The summed E-state index contributed by atoms with van der Waals surface area (Å²) in [5, 5.41) is 1.16. The second-order valence-electron chi connectivity index (χ2n) is 6.27. The molecule has 1 aliphatic carbocycles. The summed E-state index contributed by atoms with van der Waals surface area (Å²) in [6, 6.07) is 8.83. The van der Waals surface area contributed by atoms with Crippen LogP contribution in [-0.2, 0) is 0 Å². The Morgan fingerprint density at radius 2 is 1.95 bits per heavy atom. The van der Waals surface area contributed by atoms with Crippen LogP contribution in [-0.4, -0.2) is 18.1 Å². The number of hydrogen-bond donors (Lipinski definition) is 1. The van der Waals surface area contributed by atoms with Crippen molar-refractivity contribution in [1.82, 2.24) is 4.98 Å². The molecule has 0 unspecified atom stereocenters. The lowest BCUT2D eigenvalue weighted by Crippen LogP contribution is -2.35. The standard InChI is InChI=1S/C18H25N3/c1-3-13-7-9-14(10-8-13)21(2)17-11-12-20-18-15(17)5-4-6-16(18)19/h4-6,11-14H,3,7-10,19H2,1-2H3. The predicted octanol–water partition coefficient (Wildman–Crippen LogP) is 4.22. The molecule has 0 amide bonds. The van der Waals surface area contributed by atoms with Gasteiger partial charge in [-0.3, -0.25) is 4.98 Å². The summed E-state index contributed by atoms with van der Waals surface area (Å²) >= 11 is 0. The molecular formula is C18H25N3. The first-order valence-corrected chi connectivity index (χ1v) is 8.06. The molecule has 2 N–H and O–H groups in total. The van der Waals surface area contributed by atoms with Crippen molar-refractivity contribution in [2.24, 2.45) is 5.92 Å². The van der Waals surface area contributed by atoms with E-state index in [1.165, 1.54) is 37.8 Å². The lowest BCUT2D eigenvalue weighted by atomic mass is 9.84. The Labute approximate surface area is 127 Å². The van der Waals surface area contributed by atoms with Crippen molar-refractivity contribution in [1.29, 1.82) is 0 Å². The molecule has 3 nitrogen and oxygen atoms in total. The average Bonchev–Trinajstić information content (AvgIpc) is 2.54. The number of nitrogens with two attached hydrogens (primary N) is 1. The van der Waals surface area contributed by atoms with Crippen LogP contribution in [0.1, 0.15) is 39.0 Å². The first kappa shape index (κ1) is 14.2. The van der Waals surface area contributed by atoms with Gasteiger partial charge in [0.1, 0.15) is 0 Å². The highest BCUT2D eigenvalue weighted by atomic mass is 15.1. The van der Waals surface area contributed by atoms with Crippen molar-refractivity contribution in [3.05, 3.63) is 30.5 Å². The Balaban J connectivity index is 1.88. The molecule has 1 aliphatic rings. The summed E-state index contributed by atoms with van der Waals surface area (Å²) in [6.45, 7) is 2.31. The van der Waals surface area contributed by atoms with Crippen LogP contribution in [0.5, 0.6) is 0 Å². The molecule has 3 heteroatoms. The Morgan fingerprint density at radius 1 is 1.19 bits per heavy atom. The molecule has 0 atom stereocenters. The summed E-state index contributed by atoms with van der Waals surface area (Å²) in [6.07, 6.45) is 8.50. The smallest absolute Gasteiger partial charge is 0.0951 e. The second-order valence-corrected chi connectivity index (χ2v) is 6.27. The molecule has 0 saturated heterocycles. The molecule has 2 aromatic rings. The number of nitrogen functional groups attached to an aromatic ring is 1. The number of aromatic nitrogens is 1. The maximum atomic E-state index is 6.06. The van der Waals surface area contributed by atoms with Crippen LogP contribution in [0.25, 0.3) is 10.9 Å². The van der Waals surface area contributed by atoms with Crippen LogP contribution in [0.15, 0.2) is 30.5 Å². The molecule has 0 spiro atoms. The molecule has 21 heavy (non-hydrogen) atoms. The monoisotopic (exact) mass is 283 g/mol. The van der Waals surface area contributed by atoms with E-state index < -0.39 is 0 Å². The normalized spacial score (nSPS) is 22.4. The van der Waals surface area contributed by atoms with Crippen LogP contribution in [0, 0.1) is 5.92 Å². The lowest BCUT2D eigenvalue weighted by molar-refractivity contribution is 0.313. The minimum atomic E-state index is 0.639. The highest BCUT2D eigenvalue weighted by Crippen LogP contribution is 2.34. The molecule has 1 fully saturated rings. The van der Waals surface area contributed by atoms with E-state index in [1.807, 2.05) is 18.3 Å². The maximum Gasteiger partial charge on any atom is 0.0951 e. The van der Waals surface area contributed by atoms with Gasteiger partial charge in [0.15, 0.2) is 0 Å². The van der Waals surface area contributed by atoms with Crippen LogP contribution in [0.3, 0.4) is 0 Å². The summed E-state index contributed by atoms with van der Waals surface area (Å²) < 4.78 is 0. The zero-order valence-corrected chi connectivity index (χ0v) is 13.0. The quantitative estimate of drug-likeness (QED) is 0.857. The number of rotatable bonds is 3. The molecule has 0 bridgehead atoms.